The highest BCUT2D eigenvalue weighted by atomic mass is 79.9. The minimum atomic E-state index is -0.0116. The second-order valence-corrected chi connectivity index (χ2v) is 6.57. The topological polar surface area (TPSA) is 42.0 Å². The van der Waals surface area contributed by atoms with Gasteiger partial charge >= 0.3 is 0 Å². The largest absolute Gasteiger partial charge is 0.326 e. The Balaban J connectivity index is 2.05. The molecule has 2 rings (SSSR count). The average molecular weight is 339 g/mol. The minimum Gasteiger partial charge on any atom is -0.326 e. The molecule has 0 fully saturated rings. The fourth-order valence-electron chi connectivity index (χ4n) is 1.76. The summed E-state index contributed by atoms with van der Waals surface area (Å²) < 4.78 is 0.995. The SMILES string of the molecule is Cc1nc(C)c(CC(=O)Nc2ccc(C)c(Br)c2)s1. The molecule has 0 saturated carbocycles. The number of aromatic nitrogens is 1. The van der Waals surface area contributed by atoms with Crippen LogP contribution in [-0.2, 0) is 11.2 Å². The Morgan fingerprint density at radius 2 is 2.11 bits per heavy atom. The molecule has 1 N–H and O–H groups in total. The third-order valence-corrected chi connectivity index (χ3v) is 4.70. The van der Waals surface area contributed by atoms with E-state index in [4.69, 9.17) is 0 Å². The predicted molar refractivity (Wildman–Crippen MR) is 82.8 cm³/mol. The zero-order chi connectivity index (χ0) is 14.0. The number of benzene rings is 1. The zero-order valence-electron chi connectivity index (χ0n) is 11.1. The molecule has 0 unspecified atom stereocenters. The summed E-state index contributed by atoms with van der Waals surface area (Å²) in [4.78, 5) is 17.3. The molecule has 1 aromatic heterocycles. The summed E-state index contributed by atoms with van der Waals surface area (Å²) in [6.07, 6.45) is 0.378. The van der Waals surface area contributed by atoms with Gasteiger partial charge in [0.05, 0.1) is 17.1 Å². The van der Waals surface area contributed by atoms with Gasteiger partial charge < -0.3 is 5.32 Å². The number of carbonyl (C=O) groups excluding carboxylic acids is 1. The van der Waals surface area contributed by atoms with Gasteiger partial charge in [-0.2, -0.15) is 0 Å². The number of rotatable bonds is 3. The van der Waals surface area contributed by atoms with E-state index < -0.39 is 0 Å². The maximum absolute atomic E-state index is 12.0. The first-order valence-corrected chi connectivity index (χ1v) is 7.55. The third kappa shape index (κ3) is 3.64. The summed E-state index contributed by atoms with van der Waals surface area (Å²) >= 11 is 5.04. The molecule has 5 heteroatoms. The summed E-state index contributed by atoms with van der Waals surface area (Å²) in [6.45, 7) is 5.91. The molecular weight excluding hydrogens is 324 g/mol. The molecule has 2 aromatic rings. The Hall–Kier alpha value is -1.20. The van der Waals surface area contributed by atoms with E-state index in [2.05, 4.69) is 26.2 Å². The molecule has 1 heterocycles. The van der Waals surface area contributed by atoms with Crippen LogP contribution in [0.2, 0.25) is 0 Å². The number of thiazole rings is 1. The smallest absolute Gasteiger partial charge is 0.229 e. The number of nitrogens with zero attached hydrogens (tertiary/aromatic N) is 1. The van der Waals surface area contributed by atoms with Gasteiger partial charge in [0.15, 0.2) is 0 Å². The molecule has 0 radical (unpaired) electrons. The van der Waals surface area contributed by atoms with Crippen LogP contribution in [0, 0.1) is 20.8 Å². The van der Waals surface area contributed by atoms with E-state index in [1.807, 2.05) is 39.0 Å². The fraction of sp³-hybridized carbons (Fsp3) is 0.286. The van der Waals surface area contributed by atoms with Gasteiger partial charge in [-0.15, -0.1) is 11.3 Å². The molecule has 0 atom stereocenters. The van der Waals surface area contributed by atoms with Crippen molar-refractivity contribution in [2.24, 2.45) is 0 Å². The summed E-state index contributed by atoms with van der Waals surface area (Å²) in [6, 6.07) is 5.79. The Morgan fingerprint density at radius 3 is 2.68 bits per heavy atom. The fourth-order valence-corrected chi connectivity index (χ4v) is 3.07. The highest BCUT2D eigenvalue weighted by Crippen LogP contribution is 2.22. The van der Waals surface area contributed by atoms with Crippen molar-refractivity contribution in [3.63, 3.8) is 0 Å². The molecular formula is C14H15BrN2OS. The molecule has 0 aliphatic carbocycles. The Morgan fingerprint density at radius 1 is 1.37 bits per heavy atom. The molecule has 1 aromatic carbocycles. The molecule has 3 nitrogen and oxygen atoms in total. The second kappa shape index (κ2) is 5.84. The molecule has 0 bridgehead atoms. The van der Waals surface area contributed by atoms with Crippen LogP contribution in [0.1, 0.15) is 21.1 Å². The standard InChI is InChI=1S/C14H15BrN2OS/c1-8-4-5-11(6-12(8)15)17-14(18)7-13-9(2)16-10(3)19-13/h4-6H,7H2,1-3H3,(H,17,18). The van der Waals surface area contributed by atoms with Crippen LogP contribution >= 0.6 is 27.3 Å². The highest BCUT2D eigenvalue weighted by Gasteiger charge is 2.10. The monoisotopic (exact) mass is 338 g/mol. The van der Waals surface area contributed by atoms with Crippen LogP contribution in [0.3, 0.4) is 0 Å². The number of aryl methyl sites for hydroxylation is 3. The van der Waals surface area contributed by atoms with E-state index in [-0.39, 0.29) is 5.91 Å². The Kier molecular flexibility index (Phi) is 4.37. The molecule has 0 spiro atoms. The van der Waals surface area contributed by atoms with Gasteiger partial charge in [-0.25, -0.2) is 4.98 Å². The van der Waals surface area contributed by atoms with E-state index in [1.165, 1.54) is 0 Å². The van der Waals surface area contributed by atoms with Crippen molar-refractivity contribution in [3.8, 4) is 0 Å². The number of nitrogens with one attached hydrogen (secondary N) is 1. The summed E-state index contributed by atoms with van der Waals surface area (Å²) in [7, 11) is 0. The third-order valence-electron chi connectivity index (χ3n) is 2.78. The maximum Gasteiger partial charge on any atom is 0.229 e. The number of anilines is 1. The lowest BCUT2D eigenvalue weighted by atomic mass is 10.2. The van der Waals surface area contributed by atoms with E-state index in [1.54, 1.807) is 11.3 Å². The van der Waals surface area contributed by atoms with Gasteiger partial charge in [-0.05, 0) is 38.5 Å². The number of amides is 1. The first-order valence-electron chi connectivity index (χ1n) is 5.94. The van der Waals surface area contributed by atoms with E-state index in [0.29, 0.717) is 6.42 Å². The lowest BCUT2D eigenvalue weighted by Crippen LogP contribution is -2.14. The van der Waals surface area contributed by atoms with Gasteiger partial charge in [0.2, 0.25) is 5.91 Å². The summed E-state index contributed by atoms with van der Waals surface area (Å²) in [5, 5.41) is 3.90. The molecule has 100 valence electrons. The molecule has 0 saturated heterocycles. The Labute approximate surface area is 125 Å². The van der Waals surface area contributed by atoms with Crippen LogP contribution in [-0.4, -0.2) is 10.9 Å². The van der Waals surface area contributed by atoms with Crippen LogP contribution in [0.4, 0.5) is 5.69 Å². The summed E-state index contributed by atoms with van der Waals surface area (Å²) in [5.41, 5.74) is 2.90. The molecule has 0 aliphatic heterocycles. The first-order chi connectivity index (χ1) is 8.95. The van der Waals surface area contributed by atoms with E-state index in [9.17, 15) is 4.79 Å². The lowest BCUT2D eigenvalue weighted by Gasteiger charge is -2.06. The molecule has 19 heavy (non-hydrogen) atoms. The number of hydrogen-bond acceptors (Lipinski definition) is 3. The van der Waals surface area contributed by atoms with Crippen molar-refractivity contribution in [2.75, 3.05) is 5.32 Å². The normalized spacial score (nSPS) is 10.5. The zero-order valence-corrected chi connectivity index (χ0v) is 13.5. The van der Waals surface area contributed by atoms with Crippen molar-refractivity contribution in [1.29, 1.82) is 0 Å². The average Bonchev–Trinajstić information content (AvgIpc) is 2.62. The van der Waals surface area contributed by atoms with Gasteiger partial charge in [0.1, 0.15) is 0 Å². The van der Waals surface area contributed by atoms with Crippen LogP contribution in [0.25, 0.3) is 0 Å². The van der Waals surface area contributed by atoms with Gasteiger partial charge in [-0.1, -0.05) is 22.0 Å². The first kappa shape index (κ1) is 14.2. The van der Waals surface area contributed by atoms with Crippen molar-refractivity contribution < 1.29 is 4.79 Å². The van der Waals surface area contributed by atoms with E-state index >= 15 is 0 Å². The van der Waals surface area contributed by atoms with Crippen molar-refractivity contribution in [2.45, 2.75) is 27.2 Å². The lowest BCUT2D eigenvalue weighted by molar-refractivity contribution is -0.115. The minimum absolute atomic E-state index is 0.0116. The van der Waals surface area contributed by atoms with Crippen molar-refractivity contribution in [1.82, 2.24) is 4.98 Å². The van der Waals surface area contributed by atoms with Crippen molar-refractivity contribution >= 4 is 38.9 Å². The molecule has 1 amide bonds. The highest BCUT2D eigenvalue weighted by molar-refractivity contribution is 9.10. The van der Waals surface area contributed by atoms with E-state index in [0.717, 1.165) is 31.3 Å². The van der Waals surface area contributed by atoms with Crippen molar-refractivity contribution in [3.05, 3.63) is 43.8 Å². The quantitative estimate of drug-likeness (QED) is 0.918. The number of hydrogen-bond donors (Lipinski definition) is 1. The van der Waals surface area contributed by atoms with Gasteiger partial charge in [0.25, 0.3) is 0 Å². The van der Waals surface area contributed by atoms with Crippen LogP contribution in [0.15, 0.2) is 22.7 Å². The van der Waals surface area contributed by atoms with Gasteiger partial charge in [0, 0.05) is 15.0 Å². The predicted octanol–water partition coefficient (Wildman–Crippen LogP) is 4.01. The Bertz CT molecular complexity index is 622. The number of halogens is 1. The molecule has 0 aliphatic rings. The second-order valence-electron chi connectivity index (χ2n) is 4.43. The number of carbonyl (C=O) groups is 1. The van der Waals surface area contributed by atoms with Crippen LogP contribution in [0.5, 0.6) is 0 Å². The maximum atomic E-state index is 12.0. The van der Waals surface area contributed by atoms with Crippen LogP contribution < -0.4 is 5.32 Å². The van der Waals surface area contributed by atoms with Gasteiger partial charge in [-0.3, -0.25) is 4.79 Å². The summed E-state index contributed by atoms with van der Waals surface area (Å²) in [5.74, 6) is -0.0116.